The Morgan fingerprint density at radius 2 is 1.88 bits per heavy atom. The molecule has 0 bridgehead atoms. The zero-order valence-corrected chi connectivity index (χ0v) is 21.2. The minimum atomic E-state index is -4.03. The number of rotatable bonds is 11. The molecule has 1 aliphatic heterocycles. The minimum Gasteiger partial charge on any atom is -0.376 e. The van der Waals surface area contributed by atoms with Gasteiger partial charge in [-0.15, -0.1) is 11.8 Å². The fourth-order valence-corrected chi connectivity index (χ4v) is 5.62. The third-order valence-electron chi connectivity index (χ3n) is 6.13. The topological polar surface area (TPSA) is 122 Å². The predicted molar refractivity (Wildman–Crippen MR) is 137 cm³/mol. The quantitative estimate of drug-likeness (QED) is 0.270. The van der Waals surface area contributed by atoms with Crippen molar-refractivity contribution in [2.75, 3.05) is 44.8 Å². The number of piperidine rings is 1. The Morgan fingerprint density at radius 1 is 1.21 bits per heavy atom. The molecule has 0 saturated carbocycles. The molecule has 0 aromatic heterocycles. The van der Waals surface area contributed by atoms with E-state index in [4.69, 9.17) is 5.14 Å². The largest absolute Gasteiger partial charge is 0.376 e. The van der Waals surface area contributed by atoms with Crippen LogP contribution in [0.25, 0.3) is 0 Å². The average molecular weight is 508 g/mol. The first-order valence-electron chi connectivity index (χ1n) is 11.3. The summed E-state index contributed by atoms with van der Waals surface area (Å²) in [5.74, 6) is 0.715. The molecule has 0 unspecified atom stereocenters. The van der Waals surface area contributed by atoms with Crippen LogP contribution in [0, 0.1) is 10.1 Å². The lowest BCUT2D eigenvalue weighted by Gasteiger charge is -2.35. The van der Waals surface area contributed by atoms with E-state index in [1.807, 2.05) is 30.3 Å². The van der Waals surface area contributed by atoms with Gasteiger partial charge in [-0.1, -0.05) is 18.2 Å². The highest BCUT2D eigenvalue weighted by molar-refractivity contribution is 7.99. The Hall–Kier alpha value is -2.18. The molecule has 1 fully saturated rings. The maximum atomic E-state index is 11.7. The standard InChI is InChI=1S/C23H33N5O4S2/c1-26(2)19-11-14-27(15-12-19)13-10-18(17-33-20-6-4-3-5-7-20)25-22-9-8-21(34(24,31)32)16-23(22)28(29)30/h3-9,16,18-19,25H,10-15,17H2,1-2H3,(H2,24,31,32)/t18-/m1/s1. The number of nitro groups is 1. The third-order valence-corrected chi connectivity index (χ3v) is 8.22. The molecule has 2 aromatic carbocycles. The van der Waals surface area contributed by atoms with Gasteiger partial charge in [-0.2, -0.15) is 0 Å². The van der Waals surface area contributed by atoms with Crippen molar-refractivity contribution in [3.8, 4) is 0 Å². The lowest BCUT2D eigenvalue weighted by Crippen LogP contribution is -2.43. The number of nitro benzene ring substituents is 1. The van der Waals surface area contributed by atoms with Gasteiger partial charge < -0.3 is 15.1 Å². The van der Waals surface area contributed by atoms with Gasteiger partial charge in [0, 0.05) is 35.3 Å². The second-order valence-electron chi connectivity index (χ2n) is 8.77. The number of thioether (sulfide) groups is 1. The van der Waals surface area contributed by atoms with E-state index >= 15 is 0 Å². The molecule has 1 saturated heterocycles. The number of sulfonamides is 1. The number of anilines is 1. The molecule has 0 amide bonds. The van der Waals surface area contributed by atoms with Crippen LogP contribution in [0.15, 0.2) is 58.3 Å². The second kappa shape index (κ2) is 12.0. The summed E-state index contributed by atoms with van der Waals surface area (Å²) in [7, 11) is 0.208. The maximum Gasteiger partial charge on any atom is 0.293 e. The molecule has 0 spiro atoms. The smallest absolute Gasteiger partial charge is 0.293 e. The zero-order chi connectivity index (χ0) is 24.7. The normalized spacial score (nSPS) is 16.5. The van der Waals surface area contributed by atoms with Crippen molar-refractivity contribution in [1.29, 1.82) is 0 Å². The van der Waals surface area contributed by atoms with Gasteiger partial charge in [0.15, 0.2) is 0 Å². The number of nitrogens with zero attached hydrogens (tertiary/aromatic N) is 3. The Morgan fingerprint density at radius 3 is 2.47 bits per heavy atom. The second-order valence-corrected chi connectivity index (χ2v) is 11.4. The van der Waals surface area contributed by atoms with Gasteiger partial charge >= 0.3 is 0 Å². The van der Waals surface area contributed by atoms with Gasteiger partial charge in [0.05, 0.1) is 9.82 Å². The molecule has 0 radical (unpaired) electrons. The molecule has 1 heterocycles. The lowest BCUT2D eigenvalue weighted by atomic mass is 10.0. The first-order valence-corrected chi connectivity index (χ1v) is 13.8. The van der Waals surface area contributed by atoms with Gasteiger partial charge in [0.2, 0.25) is 10.0 Å². The summed E-state index contributed by atoms with van der Waals surface area (Å²) >= 11 is 1.69. The highest BCUT2D eigenvalue weighted by Gasteiger charge is 2.24. The molecular weight excluding hydrogens is 474 g/mol. The van der Waals surface area contributed by atoms with Crippen molar-refractivity contribution < 1.29 is 13.3 Å². The first kappa shape index (κ1) is 26.4. The molecule has 9 nitrogen and oxygen atoms in total. The number of nitrogens with two attached hydrogens (primary N) is 1. The van der Waals surface area contributed by atoms with Crippen LogP contribution in [0.1, 0.15) is 19.3 Å². The lowest BCUT2D eigenvalue weighted by molar-refractivity contribution is -0.384. The maximum absolute atomic E-state index is 11.7. The molecule has 3 N–H and O–H groups in total. The number of likely N-dealkylation sites (tertiary alicyclic amines) is 1. The summed E-state index contributed by atoms with van der Waals surface area (Å²) < 4.78 is 23.3. The number of hydrogen-bond donors (Lipinski definition) is 2. The number of benzene rings is 2. The number of primary sulfonamides is 1. The number of hydrogen-bond acceptors (Lipinski definition) is 8. The van der Waals surface area contributed by atoms with Crippen LogP contribution >= 0.6 is 11.8 Å². The summed E-state index contributed by atoms with van der Waals surface area (Å²) in [4.78, 5) is 16.7. The highest BCUT2D eigenvalue weighted by atomic mass is 32.2. The molecule has 11 heteroatoms. The summed E-state index contributed by atoms with van der Waals surface area (Å²) in [5.41, 5.74) is -0.00425. The average Bonchev–Trinajstić information content (AvgIpc) is 2.81. The van der Waals surface area contributed by atoms with Crippen LogP contribution in [0.4, 0.5) is 11.4 Å². The summed E-state index contributed by atoms with van der Waals surface area (Å²) in [6, 6.07) is 14.3. The SMILES string of the molecule is CN(C)C1CCN(CC[C@H](CSc2ccccc2)Nc2ccc(S(N)(=O)=O)cc2[N+](=O)[O-])CC1. The fourth-order valence-electron chi connectivity index (χ4n) is 4.09. The summed E-state index contributed by atoms with van der Waals surface area (Å²) in [6.07, 6.45) is 3.06. The van der Waals surface area contributed by atoms with E-state index < -0.39 is 14.9 Å². The van der Waals surface area contributed by atoms with Gasteiger partial charge in [0.1, 0.15) is 5.69 Å². The van der Waals surface area contributed by atoms with Crippen LogP contribution in [0.2, 0.25) is 0 Å². The zero-order valence-electron chi connectivity index (χ0n) is 19.6. The van der Waals surface area contributed by atoms with Crippen molar-refractivity contribution in [3.63, 3.8) is 0 Å². The van der Waals surface area contributed by atoms with Gasteiger partial charge in [-0.25, -0.2) is 13.6 Å². The van der Waals surface area contributed by atoms with Crippen molar-refractivity contribution >= 4 is 33.2 Å². The van der Waals surface area contributed by atoms with Crippen molar-refractivity contribution in [2.24, 2.45) is 5.14 Å². The Balaban J connectivity index is 1.72. The van der Waals surface area contributed by atoms with Crippen LogP contribution in [-0.4, -0.2) is 74.7 Å². The van der Waals surface area contributed by atoms with Gasteiger partial charge in [0.25, 0.3) is 5.69 Å². The number of nitrogens with one attached hydrogen (secondary N) is 1. The molecular formula is C23H33N5O4S2. The van der Waals surface area contributed by atoms with Crippen LogP contribution < -0.4 is 10.5 Å². The van der Waals surface area contributed by atoms with E-state index in [0.717, 1.165) is 49.9 Å². The molecule has 1 atom stereocenters. The van der Waals surface area contributed by atoms with Crippen molar-refractivity contribution in [2.45, 2.75) is 41.1 Å². The predicted octanol–water partition coefficient (Wildman–Crippen LogP) is 3.23. The monoisotopic (exact) mass is 507 g/mol. The van der Waals surface area contributed by atoms with E-state index in [1.165, 1.54) is 12.1 Å². The summed E-state index contributed by atoms with van der Waals surface area (Å²) in [5, 5.41) is 20.1. The molecule has 34 heavy (non-hydrogen) atoms. The Bertz CT molecular complexity index is 1060. The summed E-state index contributed by atoms with van der Waals surface area (Å²) in [6.45, 7) is 2.95. The van der Waals surface area contributed by atoms with E-state index in [1.54, 1.807) is 11.8 Å². The van der Waals surface area contributed by atoms with E-state index in [0.29, 0.717) is 17.5 Å². The van der Waals surface area contributed by atoms with Crippen molar-refractivity contribution in [1.82, 2.24) is 9.80 Å². The van der Waals surface area contributed by atoms with E-state index in [-0.39, 0.29) is 16.6 Å². The van der Waals surface area contributed by atoms with E-state index in [2.05, 4.69) is 29.2 Å². The molecule has 3 rings (SSSR count). The van der Waals surface area contributed by atoms with E-state index in [9.17, 15) is 18.5 Å². The van der Waals surface area contributed by atoms with Gasteiger partial charge in [-0.05, 0) is 70.7 Å². The van der Waals surface area contributed by atoms with Crippen LogP contribution in [-0.2, 0) is 10.0 Å². The van der Waals surface area contributed by atoms with Gasteiger partial charge in [-0.3, -0.25) is 10.1 Å². The van der Waals surface area contributed by atoms with Crippen LogP contribution in [0.3, 0.4) is 0 Å². The Labute approximate surface area is 205 Å². The fraction of sp³-hybridized carbons (Fsp3) is 0.478. The molecule has 0 aliphatic carbocycles. The third kappa shape index (κ3) is 7.67. The Kier molecular flexibility index (Phi) is 9.31. The van der Waals surface area contributed by atoms with Crippen LogP contribution in [0.5, 0.6) is 0 Å². The minimum absolute atomic E-state index is 0.0455. The molecule has 1 aliphatic rings. The highest BCUT2D eigenvalue weighted by Crippen LogP contribution is 2.29. The molecule has 2 aromatic rings. The first-order chi connectivity index (χ1) is 16.1. The molecule has 186 valence electrons. The van der Waals surface area contributed by atoms with Crippen molar-refractivity contribution in [3.05, 3.63) is 58.6 Å².